The number of aliphatic hydroxyl groups is 3. The Morgan fingerprint density at radius 1 is 0.952 bits per heavy atom. The molecular formula is C35H54O7. The summed E-state index contributed by atoms with van der Waals surface area (Å²) in [6.45, 7) is 18.8. The number of hydrogen-bond donors (Lipinski definition) is 4. The van der Waals surface area contributed by atoms with Crippen LogP contribution in [0, 0.1) is 50.7 Å². The fourth-order valence-electron chi connectivity index (χ4n) is 11.7. The van der Waals surface area contributed by atoms with Crippen molar-refractivity contribution >= 4 is 5.97 Å². The average Bonchev–Trinajstić information content (AvgIpc) is 2.92. The molecule has 5 aliphatic carbocycles. The Kier molecular flexibility index (Phi) is 7.23. The van der Waals surface area contributed by atoms with Crippen LogP contribution in [0.3, 0.4) is 0 Å². The molecule has 4 N–H and O–H groups in total. The highest BCUT2D eigenvalue weighted by Crippen LogP contribution is 2.75. The third-order valence-electron chi connectivity index (χ3n) is 14.6. The van der Waals surface area contributed by atoms with Gasteiger partial charge in [-0.25, -0.2) is 0 Å². The number of hydrogen-bond acceptors (Lipinski definition) is 6. The molecule has 0 aromatic heterocycles. The molecule has 4 saturated carbocycles. The molecule has 0 unspecified atom stereocenters. The van der Waals surface area contributed by atoms with Crippen LogP contribution in [0.2, 0.25) is 0 Å². The molecule has 1 saturated heterocycles. The van der Waals surface area contributed by atoms with E-state index < -0.39 is 36.0 Å². The van der Waals surface area contributed by atoms with E-state index in [1.165, 1.54) is 5.57 Å². The lowest BCUT2D eigenvalue weighted by molar-refractivity contribution is -0.308. The Morgan fingerprint density at radius 2 is 1.67 bits per heavy atom. The Balaban J connectivity index is 1.31. The van der Waals surface area contributed by atoms with Crippen LogP contribution in [0.1, 0.15) is 99.3 Å². The highest BCUT2D eigenvalue weighted by molar-refractivity contribution is 5.77. The predicted molar refractivity (Wildman–Crippen MR) is 159 cm³/mol. The molecule has 0 amide bonds. The Bertz CT molecular complexity index is 1160. The zero-order valence-corrected chi connectivity index (χ0v) is 26.6. The van der Waals surface area contributed by atoms with Gasteiger partial charge in [-0.2, -0.15) is 0 Å². The molecule has 0 aromatic carbocycles. The number of rotatable bonds is 3. The zero-order valence-electron chi connectivity index (χ0n) is 26.6. The van der Waals surface area contributed by atoms with Gasteiger partial charge >= 0.3 is 5.97 Å². The van der Waals surface area contributed by atoms with Crippen molar-refractivity contribution < 1.29 is 34.7 Å². The molecule has 42 heavy (non-hydrogen) atoms. The molecule has 0 radical (unpaired) electrons. The van der Waals surface area contributed by atoms with E-state index in [2.05, 4.69) is 54.2 Å². The van der Waals surface area contributed by atoms with Crippen LogP contribution in [-0.2, 0) is 14.3 Å². The van der Waals surface area contributed by atoms with Gasteiger partial charge in [-0.05, 0) is 97.2 Å². The van der Waals surface area contributed by atoms with E-state index in [9.17, 15) is 25.2 Å². The molecule has 0 bridgehead atoms. The van der Waals surface area contributed by atoms with E-state index in [1.54, 1.807) is 0 Å². The first-order valence-corrected chi connectivity index (χ1v) is 16.5. The van der Waals surface area contributed by atoms with Gasteiger partial charge < -0.3 is 29.9 Å². The number of aliphatic carboxylic acids is 1. The number of aliphatic hydroxyl groups excluding tert-OH is 3. The van der Waals surface area contributed by atoms with Gasteiger partial charge in [0, 0.05) is 5.92 Å². The number of carbonyl (C=O) groups is 1. The van der Waals surface area contributed by atoms with Crippen molar-refractivity contribution in [1.29, 1.82) is 0 Å². The second-order valence-corrected chi connectivity index (χ2v) is 16.4. The maximum Gasteiger partial charge on any atom is 0.310 e. The molecule has 6 aliphatic rings. The van der Waals surface area contributed by atoms with Gasteiger partial charge in [-0.1, -0.05) is 65.3 Å². The van der Waals surface area contributed by atoms with Crippen molar-refractivity contribution in [3.05, 3.63) is 23.8 Å². The maximum absolute atomic E-state index is 12.9. The Morgan fingerprint density at radius 3 is 2.36 bits per heavy atom. The minimum absolute atomic E-state index is 0.0553. The molecule has 0 spiro atoms. The summed E-state index contributed by atoms with van der Waals surface area (Å²) in [6, 6.07) is 0. The van der Waals surface area contributed by atoms with E-state index >= 15 is 0 Å². The molecule has 6 rings (SSSR count). The summed E-state index contributed by atoms with van der Waals surface area (Å²) in [6.07, 6.45) is 5.97. The van der Waals surface area contributed by atoms with E-state index in [-0.39, 0.29) is 40.3 Å². The summed E-state index contributed by atoms with van der Waals surface area (Å²) >= 11 is 0. The number of carboxylic acid groups (broad SMARTS) is 1. The lowest BCUT2D eigenvalue weighted by atomic mass is 9.33. The van der Waals surface area contributed by atoms with Gasteiger partial charge in [-0.15, -0.1) is 0 Å². The van der Waals surface area contributed by atoms with Gasteiger partial charge in [0.25, 0.3) is 0 Å². The Labute approximate surface area is 251 Å². The third kappa shape index (κ3) is 3.92. The lowest BCUT2D eigenvalue weighted by Crippen LogP contribution is -2.65. The van der Waals surface area contributed by atoms with E-state index in [0.717, 1.165) is 63.4 Å². The van der Waals surface area contributed by atoms with Crippen LogP contribution in [-0.4, -0.2) is 63.7 Å². The predicted octanol–water partition coefficient (Wildman–Crippen LogP) is 5.47. The third-order valence-corrected chi connectivity index (χ3v) is 14.6. The van der Waals surface area contributed by atoms with Crippen LogP contribution in [0.4, 0.5) is 0 Å². The first-order chi connectivity index (χ1) is 19.5. The van der Waals surface area contributed by atoms with Gasteiger partial charge in [-0.3, -0.25) is 4.79 Å². The van der Waals surface area contributed by atoms with Crippen molar-refractivity contribution in [2.24, 2.45) is 50.7 Å². The number of ether oxygens (including phenoxy) is 2. The molecule has 13 atom stereocenters. The highest BCUT2D eigenvalue weighted by atomic mass is 16.7. The topological polar surface area (TPSA) is 116 Å². The second-order valence-electron chi connectivity index (χ2n) is 16.4. The summed E-state index contributed by atoms with van der Waals surface area (Å²) in [5.41, 5.74) is 1.68. The first-order valence-electron chi connectivity index (χ1n) is 16.5. The molecule has 1 heterocycles. The normalized spacial score (nSPS) is 53.6. The van der Waals surface area contributed by atoms with Crippen LogP contribution in [0.25, 0.3) is 0 Å². The maximum atomic E-state index is 12.9. The molecule has 236 valence electrons. The molecule has 1 aliphatic heterocycles. The quantitative estimate of drug-likeness (QED) is 0.256. The number of allylic oxidation sites excluding steroid dienone is 3. The summed E-state index contributed by atoms with van der Waals surface area (Å²) in [5.74, 6) is 0.509. The van der Waals surface area contributed by atoms with Crippen molar-refractivity contribution in [2.75, 3.05) is 6.61 Å². The minimum atomic E-state index is -1.28. The summed E-state index contributed by atoms with van der Waals surface area (Å²) in [4.78, 5) is 12.9. The molecular weight excluding hydrogens is 532 g/mol. The fourth-order valence-corrected chi connectivity index (χ4v) is 11.7. The van der Waals surface area contributed by atoms with Crippen molar-refractivity contribution in [3.63, 3.8) is 0 Å². The van der Waals surface area contributed by atoms with Crippen molar-refractivity contribution in [1.82, 2.24) is 0 Å². The number of fused-ring (bicyclic) bond motifs is 7. The summed E-state index contributed by atoms with van der Waals surface area (Å²) in [7, 11) is 0. The smallest absolute Gasteiger partial charge is 0.310 e. The zero-order chi connectivity index (χ0) is 30.6. The summed E-state index contributed by atoms with van der Waals surface area (Å²) in [5, 5.41) is 41.3. The second kappa shape index (κ2) is 9.87. The van der Waals surface area contributed by atoms with Crippen LogP contribution in [0.5, 0.6) is 0 Å². The Hall–Kier alpha value is -1.25. The standard InChI is InChI=1S/C35H54O7/c1-19-10-15-35(30(39)40)17-16-33(6)21(26(35)20(19)2)8-9-24-32(5)13-12-25(31(3,4)23(32)11-14-34(24,33)7)42-29-28(38)27(37)22(36)18-41-29/h8,19,22-29,36-38H,2,9-18H2,1,3-7H3,(H,39,40)/t19-,22+,23+,24-,25+,26+,27+,28-,29+,32+,33-,34-,35+/m1/s1. The minimum Gasteiger partial charge on any atom is -0.481 e. The van der Waals surface area contributed by atoms with Crippen molar-refractivity contribution in [2.45, 2.75) is 130 Å². The summed E-state index contributed by atoms with van der Waals surface area (Å²) < 4.78 is 12.1. The average molecular weight is 587 g/mol. The van der Waals surface area contributed by atoms with E-state index in [0.29, 0.717) is 17.8 Å². The van der Waals surface area contributed by atoms with Crippen LogP contribution < -0.4 is 0 Å². The fraction of sp³-hybridized carbons (Fsp3) is 0.857. The SMILES string of the molecule is C=C1[C@H]2C3=CC[C@@H]4[C@@]5(C)CC[C@H](O[C@@H]6OC[C@H](O)[C@H](O)[C@H]6O)C(C)(C)[C@@H]5CC[C@@]4(C)[C@]3(C)CC[C@@]2(C(=O)O)CC[C@H]1C. The molecule has 5 fully saturated rings. The van der Waals surface area contributed by atoms with Gasteiger partial charge in [0.2, 0.25) is 0 Å². The molecule has 7 heteroatoms. The highest BCUT2D eigenvalue weighted by Gasteiger charge is 2.69. The van der Waals surface area contributed by atoms with Crippen LogP contribution >= 0.6 is 0 Å². The number of carboxylic acids is 1. The molecule has 0 aromatic rings. The largest absolute Gasteiger partial charge is 0.481 e. The van der Waals surface area contributed by atoms with E-state index in [4.69, 9.17) is 9.47 Å². The molecule has 7 nitrogen and oxygen atoms in total. The van der Waals surface area contributed by atoms with Gasteiger partial charge in [0.1, 0.15) is 18.3 Å². The van der Waals surface area contributed by atoms with Crippen LogP contribution in [0.15, 0.2) is 23.8 Å². The van der Waals surface area contributed by atoms with E-state index in [1.807, 2.05) is 0 Å². The first kappa shape index (κ1) is 30.8. The van der Waals surface area contributed by atoms with Crippen molar-refractivity contribution in [3.8, 4) is 0 Å². The van der Waals surface area contributed by atoms with Gasteiger partial charge in [0.05, 0.1) is 18.1 Å². The van der Waals surface area contributed by atoms with Gasteiger partial charge in [0.15, 0.2) is 6.29 Å². The monoisotopic (exact) mass is 586 g/mol. The lowest BCUT2D eigenvalue weighted by Gasteiger charge is -2.71.